The second-order valence-corrected chi connectivity index (χ2v) is 4.88. The molecular formula is C17H17FN2O3. The van der Waals surface area contributed by atoms with Crippen LogP contribution in [0.3, 0.4) is 0 Å². The summed E-state index contributed by atoms with van der Waals surface area (Å²) in [5, 5.41) is 2.67. The number of halogens is 1. The molecule has 0 aliphatic rings. The molecule has 0 aromatic heterocycles. The predicted octanol–water partition coefficient (Wildman–Crippen LogP) is 1.66. The second kappa shape index (κ2) is 7.93. The molecule has 0 aliphatic carbocycles. The van der Waals surface area contributed by atoms with Crippen molar-refractivity contribution in [3.63, 3.8) is 0 Å². The van der Waals surface area contributed by atoms with Crippen LogP contribution in [0.4, 0.5) is 4.39 Å². The van der Waals surface area contributed by atoms with Gasteiger partial charge in [0, 0.05) is 6.54 Å². The van der Waals surface area contributed by atoms with E-state index in [9.17, 15) is 14.0 Å². The Kier molecular flexibility index (Phi) is 5.68. The van der Waals surface area contributed by atoms with Gasteiger partial charge < -0.3 is 15.8 Å². The minimum absolute atomic E-state index is 0.222. The molecule has 0 atom stereocenters. The molecule has 0 heterocycles. The van der Waals surface area contributed by atoms with Crippen molar-refractivity contribution < 1.29 is 18.7 Å². The first kappa shape index (κ1) is 16.5. The maximum Gasteiger partial charge on any atom is 0.257 e. The molecule has 120 valence electrons. The van der Waals surface area contributed by atoms with Crippen LogP contribution in [-0.4, -0.2) is 25.0 Å². The fourth-order valence-corrected chi connectivity index (χ4v) is 2.03. The van der Waals surface area contributed by atoms with E-state index >= 15 is 0 Å². The fraction of sp³-hybridized carbons (Fsp3) is 0.176. The van der Waals surface area contributed by atoms with Crippen molar-refractivity contribution >= 4 is 11.8 Å². The highest BCUT2D eigenvalue weighted by Crippen LogP contribution is 2.16. The maximum atomic E-state index is 13.0. The lowest BCUT2D eigenvalue weighted by Crippen LogP contribution is -2.31. The van der Waals surface area contributed by atoms with E-state index in [1.165, 1.54) is 18.2 Å². The summed E-state index contributed by atoms with van der Waals surface area (Å²) in [6.07, 6.45) is 0.515. The largest absolute Gasteiger partial charge is 0.483 e. The van der Waals surface area contributed by atoms with Crippen LogP contribution in [0.5, 0.6) is 5.75 Å². The number of carbonyl (C=O) groups excluding carboxylic acids is 2. The maximum absolute atomic E-state index is 13.0. The SMILES string of the molecule is NC(=O)c1ccccc1OCC(=O)NCCc1cccc(F)c1. The number of nitrogens with two attached hydrogens (primary N) is 1. The van der Waals surface area contributed by atoms with Gasteiger partial charge in [-0.25, -0.2) is 4.39 Å². The lowest BCUT2D eigenvalue weighted by Gasteiger charge is -2.10. The molecule has 2 amide bonds. The number of hydrogen-bond acceptors (Lipinski definition) is 3. The molecule has 0 aliphatic heterocycles. The fourth-order valence-electron chi connectivity index (χ4n) is 2.03. The normalized spacial score (nSPS) is 10.1. The zero-order valence-electron chi connectivity index (χ0n) is 12.4. The van der Waals surface area contributed by atoms with E-state index in [1.807, 2.05) is 0 Å². The van der Waals surface area contributed by atoms with Crippen LogP contribution in [0.15, 0.2) is 48.5 Å². The van der Waals surface area contributed by atoms with Crippen LogP contribution >= 0.6 is 0 Å². The smallest absolute Gasteiger partial charge is 0.257 e. The number of ether oxygens (including phenoxy) is 1. The molecule has 6 heteroatoms. The van der Waals surface area contributed by atoms with Gasteiger partial charge in [0.15, 0.2) is 6.61 Å². The lowest BCUT2D eigenvalue weighted by atomic mass is 10.1. The Morgan fingerprint density at radius 1 is 1.13 bits per heavy atom. The van der Waals surface area contributed by atoms with E-state index in [2.05, 4.69) is 5.32 Å². The third-order valence-corrected chi connectivity index (χ3v) is 3.14. The topological polar surface area (TPSA) is 81.4 Å². The molecule has 2 aromatic rings. The number of hydrogen-bond donors (Lipinski definition) is 2. The highest BCUT2D eigenvalue weighted by molar-refractivity contribution is 5.95. The van der Waals surface area contributed by atoms with Gasteiger partial charge in [0.05, 0.1) is 5.56 Å². The van der Waals surface area contributed by atoms with E-state index in [4.69, 9.17) is 10.5 Å². The summed E-state index contributed by atoms with van der Waals surface area (Å²) in [5.74, 6) is -0.992. The van der Waals surface area contributed by atoms with Crippen LogP contribution in [0, 0.1) is 5.82 Å². The summed E-state index contributed by atoms with van der Waals surface area (Å²) in [5.41, 5.74) is 6.25. The molecule has 0 unspecified atom stereocenters. The van der Waals surface area contributed by atoms with E-state index in [-0.39, 0.29) is 29.6 Å². The van der Waals surface area contributed by atoms with Crippen molar-refractivity contribution in [1.82, 2.24) is 5.32 Å². The molecule has 0 saturated heterocycles. The zero-order chi connectivity index (χ0) is 16.7. The average molecular weight is 316 g/mol. The van der Waals surface area contributed by atoms with Gasteiger partial charge in [-0.3, -0.25) is 9.59 Å². The Hall–Kier alpha value is -2.89. The molecule has 2 rings (SSSR count). The van der Waals surface area contributed by atoms with Crippen molar-refractivity contribution in [3.8, 4) is 5.75 Å². The van der Waals surface area contributed by atoms with Crippen LogP contribution in [0.2, 0.25) is 0 Å². The van der Waals surface area contributed by atoms with Crippen molar-refractivity contribution in [2.75, 3.05) is 13.2 Å². The Morgan fingerprint density at radius 3 is 2.65 bits per heavy atom. The molecule has 5 nitrogen and oxygen atoms in total. The molecule has 23 heavy (non-hydrogen) atoms. The van der Waals surface area contributed by atoms with E-state index < -0.39 is 5.91 Å². The van der Waals surface area contributed by atoms with Crippen LogP contribution in [0.1, 0.15) is 15.9 Å². The van der Waals surface area contributed by atoms with E-state index in [0.717, 1.165) is 5.56 Å². The number of para-hydroxylation sites is 1. The van der Waals surface area contributed by atoms with Gasteiger partial charge in [-0.05, 0) is 36.2 Å². The summed E-state index contributed by atoms with van der Waals surface area (Å²) in [6, 6.07) is 12.6. The van der Waals surface area contributed by atoms with Crippen molar-refractivity contribution in [3.05, 3.63) is 65.5 Å². The van der Waals surface area contributed by atoms with Crippen LogP contribution < -0.4 is 15.8 Å². The highest BCUT2D eigenvalue weighted by atomic mass is 19.1. The van der Waals surface area contributed by atoms with Crippen molar-refractivity contribution in [1.29, 1.82) is 0 Å². The van der Waals surface area contributed by atoms with E-state index in [0.29, 0.717) is 13.0 Å². The second-order valence-electron chi connectivity index (χ2n) is 4.88. The third-order valence-electron chi connectivity index (χ3n) is 3.14. The molecule has 0 saturated carbocycles. The van der Waals surface area contributed by atoms with Gasteiger partial charge in [0.2, 0.25) is 0 Å². The van der Waals surface area contributed by atoms with Gasteiger partial charge in [-0.1, -0.05) is 24.3 Å². The zero-order valence-corrected chi connectivity index (χ0v) is 12.4. The van der Waals surface area contributed by atoms with Crippen LogP contribution in [0.25, 0.3) is 0 Å². The lowest BCUT2D eigenvalue weighted by molar-refractivity contribution is -0.123. The predicted molar refractivity (Wildman–Crippen MR) is 83.6 cm³/mol. The number of benzene rings is 2. The Morgan fingerprint density at radius 2 is 1.91 bits per heavy atom. The monoisotopic (exact) mass is 316 g/mol. The first-order valence-electron chi connectivity index (χ1n) is 7.09. The molecule has 2 aromatic carbocycles. The minimum Gasteiger partial charge on any atom is -0.483 e. The molecule has 0 radical (unpaired) electrons. The van der Waals surface area contributed by atoms with Gasteiger partial charge in [-0.2, -0.15) is 0 Å². The number of amides is 2. The number of primary amides is 1. The number of rotatable bonds is 7. The van der Waals surface area contributed by atoms with Crippen molar-refractivity contribution in [2.45, 2.75) is 6.42 Å². The van der Waals surface area contributed by atoms with Gasteiger partial charge in [-0.15, -0.1) is 0 Å². The third kappa shape index (κ3) is 5.10. The number of carbonyl (C=O) groups is 2. The average Bonchev–Trinajstić information content (AvgIpc) is 2.53. The standard InChI is InChI=1S/C17H17FN2O3/c18-13-5-3-4-12(10-13)8-9-20-16(21)11-23-15-7-2-1-6-14(15)17(19)22/h1-7,10H,8-9,11H2,(H2,19,22)(H,20,21). The first-order valence-corrected chi connectivity index (χ1v) is 7.09. The van der Waals surface area contributed by atoms with Gasteiger partial charge >= 0.3 is 0 Å². The molecule has 0 bridgehead atoms. The summed E-state index contributed by atoms with van der Waals surface area (Å²) in [4.78, 5) is 23.0. The molecule has 3 N–H and O–H groups in total. The highest BCUT2D eigenvalue weighted by Gasteiger charge is 2.10. The number of nitrogens with one attached hydrogen (secondary N) is 1. The molecule has 0 fully saturated rings. The van der Waals surface area contributed by atoms with Crippen molar-refractivity contribution in [2.24, 2.45) is 5.73 Å². The summed E-state index contributed by atoms with van der Waals surface area (Å²) in [6.45, 7) is 0.135. The summed E-state index contributed by atoms with van der Waals surface area (Å²) < 4.78 is 18.3. The summed E-state index contributed by atoms with van der Waals surface area (Å²) >= 11 is 0. The van der Waals surface area contributed by atoms with E-state index in [1.54, 1.807) is 30.3 Å². The first-order chi connectivity index (χ1) is 11.1. The van der Waals surface area contributed by atoms with Gasteiger partial charge in [0.25, 0.3) is 11.8 Å². The Labute approximate surface area is 133 Å². The van der Waals surface area contributed by atoms with Gasteiger partial charge in [0.1, 0.15) is 11.6 Å². The quantitative estimate of drug-likeness (QED) is 0.815. The Bertz CT molecular complexity index is 704. The Balaban J connectivity index is 1.78. The molecular weight excluding hydrogens is 299 g/mol. The molecule has 0 spiro atoms. The van der Waals surface area contributed by atoms with Crippen LogP contribution in [-0.2, 0) is 11.2 Å². The summed E-state index contributed by atoms with van der Waals surface area (Å²) in [7, 11) is 0. The minimum atomic E-state index is -0.618.